The maximum absolute atomic E-state index is 12.2. The van der Waals surface area contributed by atoms with Crippen molar-refractivity contribution in [2.24, 2.45) is 0 Å². The molecule has 0 aliphatic heterocycles. The van der Waals surface area contributed by atoms with Crippen LogP contribution >= 0.6 is 22.6 Å². The van der Waals surface area contributed by atoms with Crippen LogP contribution in [0.3, 0.4) is 0 Å². The van der Waals surface area contributed by atoms with E-state index in [1.54, 1.807) is 43.3 Å². The molecule has 0 aliphatic rings. The molecule has 1 N–H and O–H groups in total. The van der Waals surface area contributed by atoms with Gasteiger partial charge in [0, 0.05) is 11.3 Å². The lowest BCUT2D eigenvalue weighted by Gasteiger charge is -2.14. The van der Waals surface area contributed by atoms with E-state index < -0.39 is 5.97 Å². The summed E-state index contributed by atoms with van der Waals surface area (Å²) >= 11 is 2.02. The number of hydrogen-bond donors (Lipinski definition) is 1. The Morgan fingerprint density at radius 2 is 1.79 bits per heavy atom. The molecular formula is C20H20INO6. The number of esters is 1. The van der Waals surface area contributed by atoms with E-state index in [2.05, 4.69) is 5.32 Å². The van der Waals surface area contributed by atoms with E-state index in [1.807, 2.05) is 29.5 Å². The van der Waals surface area contributed by atoms with Crippen molar-refractivity contribution in [2.45, 2.75) is 13.8 Å². The number of halogens is 1. The van der Waals surface area contributed by atoms with Gasteiger partial charge in [0.2, 0.25) is 0 Å². The van der Waals surface area contributed by atoms with Crippen LogP contribution < -0.4 is 14.8 Å². The van der Waals surface area contributed by atoms with Gasteiger partial charge in [0.1, 0.15) is 6.29 Å². The molecule has 2 rings (SSSR count). The van der Waals surface area contributed by atoms with Crippen molar-refractivity contribution < 1.29 is 28.6 Å². The van der Waals surface area contributed by atoms with E-state index in [0.29, 0.717) is 45.1 Å². The van der Waals surface area contributed by atoms with Crippen molar-refractivity contribution in [2.75, 3.05) is 25.1 Å². The van der Waals surface area contributed by atoms with Gasteiger partial charge in [0.15, 0.2) is 18.1 Å². The molecule has 0 atom stereocenters. The highest BCUT2D eigenvalue weighted by atomic mass is 127. The van der Waals surface area contributed by atoms with Gasteiger partial charge in [0.05, 0.1) is 22.3 Å². The Labute approximate surface area is 176 Å². The van der Waals surface area contributed by atoms with Gasteiger partial charge in [-0.1, -0.05) is 0 Å². The highest BCUT2D eigenvalue weighted by Crippen LogP contribution is 2.33. The zero-order valence-electron chi connectivity index (χ0n) is 15.5. The number of amides is 1. The van der Waals surface area contributed by atoms with Crippen LogP contribution in [0.5, 0.6) is 11.5 Å². The van der Waals surface area contributed by atoms with Crippen molar-refractivity contribution in [1.29, 1.82) is 0 Å². The van der Waals surface area contributed by atoms with Crippen LogP contribution in [0, 0.1) is 3.57 Å². The van der Waals surface area contributed by atoms with Crippen molar-refractivity contribution in [1.82, 2.24) is 0 Å². The number of hydrogen-bond acceptors (Lipinski definition) is 6. The van der Waals surface area contributed by atoms with Crippen LogP contribution in [-0.4, -0.2) is 38.0 Å². The lowest BCUT2D eigenvalue weighted by atomic mass is 10.2. The Bertz CT molecular complexity index is 851. The SMILES string of the molecule is CCOC(=O)c1ccc(NC(=O)COc2c(I)cc(C=O)cc2OCC)cc1. The number of ether oxygens (including phenoxy) is 3. The van der Waals surface area contributed by atoms with Crippen LogP contribution in [0.1, 0.15) is 34.6 Å². The minimum atomic E-state index is -0.416. The third-order valence-corrected chi connectivity index (χ3v) is 4.30. The van der Waals surface area contributed by atoms with Crippen molar-refractivity contribution in [3.05, 3.63) is 51.1 Å². The highest BCUT2D eigenvalue weighted by Gasteiger charge is 2.14. The van der Waals surface area contributed by atoms with Crippen LogP contribution in [0.25, 0.3) is 0 Å². The molecule has 0 unspecified atom stereocenters. The van der Waals surface area contributed by atoms with Crippen LogP contribution in [-0.2, 0) is 9.53 Å². The molecular weight excluding hydrogens is 477 g/mol. The number of benzene rings is 2. The van der Waals surface area contributed by atoms with E-state index in [-0.39, 0.29) is 12.5 Å². The molecule has 2 aromatic rings. The zero-order valence-corrected chi connectivity index (χ0v) is 17.6. The summed E-state index contributed by atoms with van der Waals surface area (Å²) < 4.78 is 16.7. The number of rotatable bonds is 9. The molecule has 148 valence electrons. The summed E-state index contributed by atoms with van der Waals surface area (Å²) in [6.45, 7) is 4.00. The summed E-state index contributed by atoms with van der Waals surface area (Å²) in [4.78, 5) is 34.8. The lowest BCUT2D eigenvalue weighted by molar-refractivity contribution is -0.118. The Balaban J connectivity index is 2.01. The average molecular weight is 497 g/mol. The molecule has 0 fully saturated rings. The first-order valence-electron chi connectivity index (χ1n) is 8.59. The molecule has 0 radical (unpaired) electrons. The van der Waals surface area contributed by atoms with E-state index in [4.69, 9.17) is 14.2 Å². The molecule has 0 saturated heterocycles. The van der Waals surface area contributed by atoms with E-state index >= 15 is 0 Å². The van der Waals surface area contributed by atoms with E-state index in [1.165, 1.54) is 0 Å². The number of carbonyl (C=O) groups excluding carboxylic acids is 3. The summed E-state index contributed by atoms with van der Waals surface area (Å²) in [6, 6.07) is 9.58. The Kier molecular flexibility index (Phi) is 8.24. The monoisotopic (exact) mass is 497 g/mol. The second-order valence-corrected chi connectivity index (χ2v) is 6.68. The average Bonchev–Trinajstić information content (AvgIpc) is 2.68. The number of anilines is 1. The van der Waals surface area contributed by atoms with Gasteiger partial charge < -0.3 is 19.5 Å². The standard InChI is InChI=1S/C20H20INO6/c1-3-26-17-10-13(11-23)9-16(21)19(17)28-12-18(24)22-15-7-5-14(6-8-15)20(25)27-4-2/h5-11H,3-4,12H2,1-2H3,(H,22,24). The number of nitrogens with one attached hydrogen (secondary N) is 1. The van der Waals surface area contributed by atoms with E-state index in [0.717, 1.165) is 6.29 Å². The molecule has 2 aromatic carbocycles. The molecule has 0 spiro atoms. The molecule has 0 aromatic heterocycles. The summed E-state index contributed by atoms with van der Waals surface area (Å²) in [5.41, 5.74) is 1.39. The van der Waals surface area contributed by atoms with Gasteiger partial charge in [-0.2, -0.15) is 0 Å². The molecule has 7 nitrogen and oxygen atoms in total. The molecule has 8 heteroatoms. The molecule has 0 aliphatic carbocycles. The third kappa shape index (κ3) is 5.95. The zero-order chi connectivity index (χ0) is 20.5. The topological polar surface area (TPSA) is 90.9 Å². The van der Waals surface area contributed by atoms with Crippen LogP contribution in [0.4, 0.5) is 5.69 Å². The van der Waals surface area contributed by atoms with Crippen molar-refractivity contribution >= 4 is 46.4 Å². The Morgan fingerprint density at radius 3 is 2.39 bits per heavy atom. The fourth-order valence-electron chi connectivity index (χ4n) is 2.30. The number of aldehydes is 1. The minimum absolute atomic E-state index is 0.240. The quantitative estimate of drug-likeness (QED) is 0.323. The summed E-state index contributed by atoms with van der Waals surface area (Å²) in [5.74, 6) is 0.0195. The first-order valence-corrected chi connectivity index (χ1v) is 9.67. The normalized spacial score (nSPS) is 10.1. The van der Waals surface area contributed by atoms with Crippen molar-refractivity contribution in [3.8, 4) is 11.5 Å². The van der Waals surface area contributed by atoms with Gasteiger partial charge in [-0.25, -0.2) is 4.79 Å². The predicted octanol–water partition coefficient (Wildman–Crippen LogP) is 3.70. The van der Waals surface area contributed by atoms with Crippen LogP contribution in [0.2, 0.25) is 0 Å². The first-order chi connectivity index (χ1) is 13.5. The summed E-state index contributed by atoms with van der Waals surface area (Å²) in [6.07, 6.45) is 0.723. The summed E-state index contributed by atoms with van der Waals surface area (Å²) in [7, 11) is 0. The smallest absolute Gasteiger partial charge is 0.338 e. The molecule has 0 saturated carbocycles. The molecule has 1 amide bonds. The minimum Gasteiger partial charge on any atom is -0.490 e. The molecule has 0 bridgehead atoms. The second-order valence-electron chi connectivity index (χ2n) is 5.52. The first kappa shape index (κ1) is 21.7. The van der Waals surface area contributed by atoms with Crippen LogP contribution in [0.15, 0.2) is 36.4 Å². The van der Waals surface area contributed by atoms with Gasteiger partial charge in [-0.15, -0.1) is 0 Å². The van der Waals surface area contributed by atoms with E-state index in [9.17, 15) is 14.4 Å². The Morgan fingerprint density at radius 1 is 1.07 bits per heavy atom. The number of carbonyl (C=O) groups is 3. The fraction of sp³-hybridized carbons (Fsp3) is 0.250. The van der Waals surface area contributed by atoms with Gasteiger partial charge >= 0.3 is 5.97 Å². The van der Waals surface area contributed by atoms with Gasteiger partial charge in [0.25, 0.3) is 5.91 Å². The van der Waals surface area contributed by atoms with Gasteiger partial charge in [-0.05, 0) is 72.8 Å². The third-order valence-electron chi connectivity index (χ3n) is 3.50. The second kappa shape index (κ2) is 10.6. The predicted molar refractivity (Wildman–Crippen MR) is 112 cm³/mol. The largest absolute Gasteiger partial charge is 0.490 e. The van der Waals surface area contributed by atoms with Crippen molar-refractivity contribution in [3.63, 3.8) is 0 Å². The molecule has 0 heterocycles. The summed E-state index contributed by atoms with van der Waals surface area (Å²) in [5, 5.41) is 2.69. The highest BCUT2D eigenvalue weighted by molar-refractivity contribution is 14.1. The maximum Gasteiger partial charge on any atom is 0.338 e. The lowest BCUT2D eigenvalue weighted by Crippen LogP contribution is -2.20. The molecule has 28 heavy (non-hydrogen) atoms. The Hall–Kier alpha value is -2.62. The fourth-order valence-corrected chi connectivity index (χ4v) is 3.08. The maximum atomic E-state index is 12.2. The van der Waals surface area contributed by atoms with Gasteiger partial charge in [-0.3, -0.25) is 9.59 Å².